The Kier molecular flexibility index (Phi) is 5.11. The van der Waals surface area contributed by atoms with E-state index in [1.807, 2.05) is 13.8 Å². The number of oxime groups is 1. The van der Waals surface area contributed by atoms with E-state index < -0.39 is 11.8 Å². The summed E-state index contributed by atoms with van der Waals surface area (Å²) in [6, 6.07) is 1.14. The van der Waals surface area contributed by atoms with Gasteiger partial charge < -0.3 is 20.0 Å². The van der Waals surface area contributed by atoms with Gasteiger partial charge in [-0.25, -0.2) is 9.18 Å². The topological polar surface area (TPSA) is 82.4 Å². The lowest BCUT2D eigenvalue weighted by Gasteiger charge is -2.38. The van der Waals surface area contributed by atoms with Gasteiger partial charge in [0.05, 0.1) is 29.2 Å². The second-order valence-electron chi connectivity index (χ2n) is 5.60. The molecule has 8 heteroatoms. The van der Waals surface area contributed by atoms with E-state index in [4.69, 9.17) is 21.5 Å². The van der Waals surface area contributed by atoms with Gasteiger partial charge in [0.1, 0.15) is 5.02 Å². The second kappa shape index (κ2) is 6.72. The molecule has 0 bridgehead atoms. The Morgan fingerprint density at radius 1 is 1.39 bits per heavy atom. The number of ether oxygens (including phenoxy) is 1. The molecular formula is C15H18ClFN2O4. The van der Waals surface area contributed by atoms with Crippen molar-refractivity contribution < 1.29 is 24.2 Å². The molecule has 1 saturated heterocycles. The Morgan fingerprint density at radius 3 is 2.43 bits per heavy atom. The van der Waals surface area contributed by atoms with Gasteiger partial charge in [-0.1, -0.05) is 16.8 Å². The molecular weight excluding hydrogens is 327 g/mol. The molecule has 1 aromatic rings. The van der Waals surface area contributed by atoms with Crippen LogP contribution in [-0.4, -0.2) is 47.3 Å². The third-order valence-electron chi connectivity index (χ3n) is 3.69. The first-order chi connectivity index (χ1) is 10.8. The van der Waals surface area contributed by atoms with E-state index in [0.717, 1.165) is 6.07 Å². The lowest BCUT2D eigenvalue weighted by atomic mass is 10.0. The minimum atomic E-state index is -1.24. The Balaban J connectivity index is 2.63. The fraction of sp³-hybridized carbons (Fsp3) is 0.467. The van der Waals surface area contributed by atoms with Crippen LogP contribution in [0.2, 0.25) is 5.02 Å². The van der Waals surface area contributed by atoms with Crippen LogP contribution in [0.1, 0.15) is 36.7 Å². The van der Waals surface area contributed by atoms with Crippen molar-refractivity contribution in [1.82, 2.24) is 0 Å². The molecule has 23 heavy (non-hydrogen) atoms. The summed E-state index contributed by atoms with van der Waals surface area (Å²) in [5, 5.41) is 20.9. The minimum absolute atomic E-state index is 0.0536. The van der Waals surface area contributed by atoms with Crippen LogP contribution in [0.15, 0.2) is 11.2 Å². The summed E-state index contributed by atoms with van der Waals surface area (Å²) in [6.07, 6.45) is -0.278. The highest BCUT2D eigenvalue weighted by atomic mass is 35.5. The molecule has 0 radical (unpaired) electrons. The zero-order valence-corrected chi connectivity index (χ0v) is 13.8. The summed E-state index contributed by atoms with van der Waals surface area (Å²) in [6.45, 7) is 5.86. The molecule has 0 unspecified atom stereocenters. The molecule has 1 aromatic carbocycles. The molecule has 1 aliphatic rings. The summed E-state index contributed by atoms with van der Waals surface area (Å²) >= 11 is 6.12. The molecule has 0 saturated carbocycles. The van der Waals surface area contributed by atoms with Crippen LogP contribution in [0, 0.1) is 5.82 Å². The largest absolute Gasteiger partial charge is 0.478 e. The van der Waals surface area contributed by atoms with Gasteiger partial charge in [0.25, 0.3) is 0 Å². The highest BCUT2D eigenvalue weighted by Gasteiger charge is 2.30. The third kappa shape index (κ3) is 3.40. The first kappa shape index (κ1) is 17.5. The van der Waals surface area contributed by atoms with Crippen LogP contribution in [0.4, 0.5) is 10.1 Å². The van der Waals surface area contributed by atoms with E-state index in [2.05, 4.69) is 5.16 Å². The second-order valence-corrected chi connectivity index (χ2v) is 5.98. The van der Waals surface area contributed by atoms with Crippen LogP contribution < -0.4 is 4.90 Å². The smallest absolute Gasteiger partial charge is 0.337 e. The van der Waals surface area contributed by atoms with Crippen molar-refractivity contribution in [3.63, 3.8) is 0 Å². The molecule has 2 rings (SSSR count). The Morgan fingerprint density at radius 2 is 1.96 bits per heavy atom. The summed E-state index contributed by atoms with van der Waals surface area (Å²) in [4.78, 5) is 13.3. The van der Waals surface area contributed by atoms with Crippen LogP contribution in [-0.2, 0) is 4.74 Å². The van der Waals surface area contributed by atoms with Gasteiger partial charge in [-0.3, -0.25) is 0 Å². The summed E-state index contributed by atoms with van der Waals surface area (Å²) in [5.41, 5.74) is -0.223. The van der Waals surface area contributed by atoms with Gasteiger partial charge in [-0.2, -0.15) is 0 Å². The average Bonchev–Trinajstić information content (AvgIpc) is 2.47. The van der Waals surface area contributed by atoms with E-state index >= 15 is 0 Å². The van der Waals surface area contributed by atoms with Crippen LogP contribution in [0.3, 0.4) is 0 Å². The van der Waals surface area contributed by atoms with Crippen molar-refractivity contribution in [2.24, 2.45) is 5.16 Å². The molecule has 6 nitrogen and oxygen atoms in total. The minimum Gasteiger partial charge on any atom is -0.478 e. The number of benzene rings is 1. The Hall–Kier alpha value is -1.86. The Bertz CT molecular complexity index is 655. The number of hydrogen-bond donors (Lipinski definition) is 2. The zero-order chi connectivity index (χ0) is 17.3. The van der Waals surface area contributed by atoms with Crippen molar-refractivity contribution in [1.29, 1.82) is 0 Å². The van der Waals surface area contributed by atoms with Crippen molar-refractivity contribution in [2.45, 2.75) is 33.0 Å². The van der Waals surface area contributed by atoms with E-state index in [-0.39, 0.29) is 39.8 Å². The van der Waals surface area contributed by atoms with Crippen molar-refractivity contribution in [2.75, 3.05) is 18.0 Å². The number of halogens is 2. The summed E-state index contributed by atoms with van der Waals surface area (Å²) < 4.78 is 20.1. The predicted octanol–water partition coefficient (Wildman–Crippen LogP) is 2.99. The SMILES string of the molecule is CC(=NO)c1cc(C(=O)O)c(N2C[C@@H](C)O[C@@H](C)C2)c(Cl)c1F. The molecule has 2 atom stereocenters. The zero-order valence-electron chi connectivity index (χ0n) is 13.0. The van der Waals surface area contributed by atoms with E-state index in [1.54, 1.807) is 4.90 Å². The van der Waals surface area contributed by atoms with Crippen LogP contribution in [0.5, 0.6) is 0 Å². The maximum Gasteiger partial charge on any atom is 0.337 e. The maximum absolute atomic E-state index is 14.5. The van der Waals surface area contributed by atoms with Crippen molar-refractivity contribution in [3.05, 3.63) is 28.0 Å². The summed E-state index contributed by atoms with van der Waals surface area (Å²) in [7, 11) is 0. The first-order valence-corrected chi connectivity index (χ1v) is 7.48. The van der Waals surface area contributed by atoms with Crippen LogP contribution >= 0.6 is 11.6 Å². The highest BCUT2D eigenvalue weighted by Crippen LogP contribution is 2.36. The number of nitrogens with zero attached hydrogens (tertiary/aromatic N) is 2. The lowest BCUT2D eigenvalue weighted by Crippen LogP contribution is -2.46. The van der Waals surface area contributed by atoms with Crippen molar-refractivity contribution >= 4 is 29.0 Å². The van der Waals surface area contributed by atoms with Gasteiger partial charge in [0, 0.05) is 18.7 Å². The number of carbonyl (C=O) groups is 1. The highest BCUT2D eigenvalue weighted by molar-refractivity contribution is 6.34. The molecule has 126 valence electrons. The maximum atomic E-state index is 14.5. The molecule has 2 N–H and O–H groups in total. The van der Waals surface area contributed by atoms with E-state index in [9.17, 15) is 14.3 Å². The number of carboxylic acid groups (broad SMARTS) is 1. The monoisotopic (exact) mass is 344 g/mol. The molecule has 1 heterocycles. The molecule has 0 amide bonds. The number of morpholine rings is 1. The van der Waals surface area contributed by atoms with Gasteiger partial charge in [-0.15, -0.1) is 0 Å². The molecule has 1 aliphatic heterocycles. The Labute approximate surface area is 138 Å². The number of anilines is 1. The van der Waals surface area contributed by atoms with Gasteiger partial charge >= 0.3 is 5.97 Å². The first-order valence-electron chi connectivity index (χ1n) is 7.11. The average molecular weight is 345 g/mol. The number of hydrogen-bond acceptors (Lipinski definition) is 5. The number of aromatic carboxylic acids is 1. The van der Waals surface area contributed by atoms with Gasteiger partial charge in [0.15, 0.2) is 5.82 Å². The van der Waals surface area contributed by atoms with Crippen LogP contribution in [0.25, 0.3) is 0 Å². The molecule has 0 spiro atoms. The fourth-order valence-electron chi connectivity index (χ4n) is 2.77. The van der Waals surface area contributed by atoms with E-state index in [1.165, 1.54) is 6.92 Å². The quantitative estimate of drug-likeness (QED) is 0.500. The molecule has 0 aromatic heterocycles. The van der Waals surface area contributed by atoms with Crippen molar-refractivity contribution in [3.8, 4) is 0 Å². The number of rotatable bonds is 3. The third-order valence-corrected chi connectivity index (χ3v) is 4.03. The molecule has 1 fully saturated rings. The standard InChI is InChI=1S/C15H18ClFN2O4/c1-7-5-19(6-8(2)23-7)14-11(15(20)21)4-10(9(3)18-22)13(17)12(14)16/h4,7-8,22H,5-6H2,1-3H3,(H,20,21)/t7-,8+. The summed E-state index contributed by atoms with van der Waals surface area (Å²) in [5.74, 6) is -2.05. The number of carboxylic acids is 1. The predicted molar refractivity (Wildman–Crippen MR) is 84.6 cm³/mol. The normalized spacial score (nSPS) is 22.3. The molecule has 0 aliphatic carbocycles. The van der Waals surface area contributed by atoms with Gasteiger partial charge in [0.2, 0.25) is 0 Å². The fourth-order valence-corrected chi connectivity index (χ4v) is 3.09. The van der Waals surface area contributed by atoms with E-state index in [0.29, 0.717) is 13.1 Å². The lowest BCUT2D eigenvalue weighted by molar-refractivity contribution is -0.00532. The van der Waals surface area contributed by atoms with Gasteiger partial charge in [-0.05, 0) is 26.8 Å².